The molecule has 1 aliphatic carbocycles. The molecule has 0 amide bonds. The average molecular weight is 410 g/mol. The van der Waals surface area contributed by atoms with Gasteiger partial charge < -0.3 is 15.2 Å². The van der Waals surface area contributed by atoms with Crippen molar-refractivity contribution >= 4 is 22.1 Å². The van der Waals surface area contributed by atoms with Crippen molar-refractivity contribution in [2.75, 3.05) is 13.2 Å². The number of thiophene rings is 1. The average Bonchev–Trinajstić information content (AvgIpc) is 3.40. The van der Waals surface area contributed by atoms with E-state index in [4.69, 9.17) is 4.74 Å². The Morgan fingerprint density at radius 1 is 1.14 bits per heavy atom. The first-order chi connectivity index (χ1) is 14.0. The molecule has 0 aliphatic heterocycles. The van der Waals surface area contributed by atoms with E-state index in [1.807, 2.05) is 0 Å². The second-order valence-corrected chi connectivity index (χ2v) is 9.70. The number of hydrogen-bond donors (Lipinski definition) is 2. The summed E-state index contributed by atoms with van der Waals surface area (Å²) >= 11 is 1.71. The highest BCUT2D eigenvalue weighted by Gasteiger charge is 2.33. The minimum atomic E-state index is -0.509. The van der Waals surface area contributed by atoms with Crippen LogP contribution >= 0.6 is 11.3 Å². The van der Waals surface area contributed by atoms with Gasteiger partial charge in [0.05, 0.1) is 18.8 Å². The van der Waals surface area contributed by atoms with Crippen LogP contribution in [0, 0.1) is 5.92 Å². The molecular formula is C25H31NO2S. The summed E-state index contributed by atoms with van der Waals surface area (Å²) in [6.07, 6.45) is 3.00. The molecule has 0 radical (unpaired) electrons. The SMILES string of the molecule is CC(C)(Cc1ccc2ccccc2c1)NC[C@@H](O)COC(c1ccsc1)C1CC1. The molecular weight excluding hydrogens is 378 g/mol. The zero-order chi connectivity index (χ0) is 20.3. The van der Waals surface area contributed by atoms with E-state index in [1.165, 1.54) is 34.7 Å². The van der Waals surface area contributed by atoms with Crippen LogP contribution in [0.15, 0.2) is 59.3 Å². The Hall–Kier alpha value is -1.72. The summed E-state index contributed by atoms with van der Waals surface area (Å²) in [7, 11) is 0. The molecule has 0 spiro atoms. The Morgan fingerprint density at radius 3 is 2.66 bits per heavy atom. The summed E-state index contributed by atoms with van der Waals surface area (Å²) in [5.41, 5.74) is 2.46. The Labute approximate surface area is 177 Å². The molecule has 2 aromatic carbocycles. The Kier molecular flexibility index (Phi) is 6.35. The van der Waals surface area contributed by atoms with Gasteiger partial charge in [0.15, 0.2) is 0 Å². The van der Waals surface area contributed by atoms with E-state index in [1.54, 1.807) is 11.3 Å². The molecule has 4 rings (SSSR count). The van der Waals surface area contributed by atoms with Crippen LogP contribution in [0.25, 0.3) is 10.8 Å². The summed E-state index contributed by atoms with van der Waals surface area (Å²) in [5, 5.41) is 20.8. The number of aliphatic hydroxyl groups is 1. The van der Waals surface area contributed by atoms with Gasteiger partial charge in [-0.3, -0.25) is 0 Å². The summed E-state index contributed by atoms with van der Waals surface area (Å²) in [6.45, 7) is 5.28. The lowest BCUT2D eigenvalue weighted by molar-refractivity contribution is -0.0209. The fourth-order valence-electron chi connectivity index (χ4n) is 3.93. The molecule has 1 heterocycles. The molecule has 3 aromatic rings. The van der Waals surface area contributed by atoms with E-state index >= 15 is 0 Å². The minimum Gasteiger partial charge on any atom is -0.389 e. The number of rotatable bonds is 10. The van der Waals surface area contributed by atoms with Crippen molar-refractivity contribution in [2.24, 2.45) is 5.92 Å². The van der Waals surface area contributed by atoms with Gasteiger partial charge in [-0.2, -0.15) is 11.3 Å². The van der Waals surface area contributed by atoms with Crippen molar-refractivity contribution in [3.8, 4) is 0 Å². The van der Waals surface area contributed by atoms with Crippen molar-refractivity contribution in [1.82, 2.24) is 5.32 Å². The van der Waals surface area contributed by atoms with Crippen LogP contribution in [0.3, 0.4) is 0 Å². The molecule has 0 saturated heterocycles. The number of ether oxygens (including phenoxy) is 1. The van der Waals surface area contributed by atoms with Crippen LogP contribution < -0.4 is 5.32 Å². The van der Waals surface area contributed by atoms with Crippen LogP contribution in [0.1, 0.15) is 43.9 Å². The van der Waals surface area contributed by atoms with Gasteiger partial charge in [0.1, 0.15) is 0 Å². The highest BCUT2D eigenvalue weighted by molar-refractivity contribution is 7.07. The van der Waals surface area contributed by atoms with E-state index in [-0.39, 0.29) is 11.6 Å². The normalized spacial score (nSPS) is 16.8. The summed E-state index contributed by atoms with van der Waals surface area (Å²) in [4.78, 5) is 0. The number of nitrogens with one attached hydrogen (secondary N) is 1. The van der Waals surface area contributed by atoms with Gasteiger partial charge in [0.25, 0.3) is 0 Å². The molecule has 154 valence electrons. The molecule has 1 saturated carbocycles. The molecule has 1 aliphatic rings. The molecule has 2 N–H and O–H groups in total. The third-order valence-electron chi connectivity index (χ3n) is 5.67. The Morgan fingerprint density at radius 2 is 1.93 bits per heavy atom. The van der Waals surface area contributed by atoms with Crippen LogP contribution in [-0.4, -0.2) is 29.9 Å². The Balaban J connectivity index is 1.27. The van der Waals surface area contributed by atoms with Crippen LogP contribution in [0.2, 0.25) is 0 Å². The lowest BCUT2D eigenvalue weighted by atomic mass is 9.93. The standard InChI is InChI=1S/C25H31NO2S/c1-25(2,14-18-7-8-19-5-3-4-6-21(19)13-18)26-15-23(27)16-28-24(20-9-10-20)22-11-12-29-17-22/h3-8,11-13,17,20,23-24,26-27H,9-10,14-16H2,1-2H3/t23-,24?/m1/s1. The van der Waals surface area contributed by atoms with E-state index in [0.717, 1.165) is 6.42 Å². The Bertz CT molecular complexity index is 917. The first-order valence-corrected chi connectivity index (χ1v) is 11.5. The molecule has 4 heteroatoms. The van der Waals surface area contributed by atoms with Gasteiger partial charge in [-0.25, -0.2) is 0 Å². The van der Waals surface area contributed by atoms with Gasteiger partial charge in [-0.15, -0.1) is 0 Å². The number of fused-ring (bicyclic) bond motifs is 1. The van der Waals surface area contributed by atoms with Crippen molar-refractivity contribution in [3.05, 3.63) is 70.4 Å². The van der Waals surface area contributed by atoms with E-state index < -0.39 is 6.10 Å². The van der Waals surface area contributed by atoms with Gasteiger partial charge in [0, 0.05) is 12.1 Å². The molecule has 1 unspecified atom stereocenters. The predicted molar refractivity (Wildman–Crippen MR) is 121 cm³/mol. The second kappa shape index (κ2) is 8.97. The number of benzene rings is 2. The highest BCUT2D eigenvalue weighted by Crippen LogP contribution is 2.43. The van der Waals surface area contributed by atoms with Gasteiger partial charge in [-0.05, 0) is 77.8 Å². The molecule has 3 nitrogen and oxygen atoms in total. The third-order valence-corrected chi connectivity index (χ3v) is 6.37. The predicted octanol–water partition coefficient (Wildman–Crippen LogP) is 5.34. The zero-order valence-corrected chi connectivity index (χ0v) is 18.1. The van der Waals surface area contributed by atoms with Gasteiger partial charge in [0.2, 0.25) is 0 Å². The lowest BCUT2D eigenvalue weighted by Crippen LogP contribution is -2.46. The van der Waals surface area contributed by atoms with Crippen LogP contribution in [0.4, 0.5) is 0 Å². The maximum atomic E-state index is 10.5. The first-order valence-electron chi connectivity index (χ1n) is 10.5. The minimum absolute atomic E-state index is 0.104. The topological polar surface area (TPSA) is 41.5 Å². The van der Waals surface area contributed by atoms with E-state index in [9.17, 15) is 5.11 Å². The maximum absolute atomic E-state index is 10.5. The van der Waals surface area contributed by atoms with Crippen molar-refractivity contribution < 1.29 is 9.84 Å². The number of β-amino-alcohol motifs (C(OH)–C–C–N with tert-alkyl or cyclic N) is 1. The van der Waals surface area contributed by atoms with Gasteiger partial charge in [-0.1, -0.05) is 42.5 Å². The van der Waals surface area contributed by atoms with E-state index in [2.05, 4.69) is 78.5 Å². The smallest absolute Gasteiger partial charge is 0.0898 e. The number of hydrogen-bond acceptors (Lipinski definition) is 4. The molecule has 29 heavy (non-hydrogen) atoms. The van der Waals surface area contributed by atoms with Crippen molar-refractivity contribution in [1.29, 1.82) is 0 Å². The summed E-state index contributed by atoms with van der Waals surface area (Å²) in [5.74, 6) is 0.620. The summed E-state index contributed by atoms with van der Waals surface area (Å²) in [6, 6.07) is 17.2. The fraction of sp³-hybridized carbons (Fsp3) is 0.440. The van der Waals surface area contributed by atoms with Crippen molar-refractivity contribution in [3.63, 3.8) is 0 Å². The molecule has 0 bridgehead atoms. The maximum Gasteiger partial charge on any atom is 0.0898 e. The second-order valence-electron chi connectivity index (χ2n) is 8.92. The molecule has 1 fully saturated rings. The quantitative estimate of drug-likeness (QED) is 0.475. The highest BCUT2D eigenvalue weighted by atomic mass is 32.1. The fourth-order valence-corrected chi connectivity index (χ4v) is 4.61. The lowest BCUT2D eigenvalue weighted by Gasteiger charge is -2.28. The third kappa shape index (κ3) is 5.67. The largest absolute Gasteiger partial charge is 0.389 e. The number of aliphatic hydroxyl groups excluding tert-OH is 1. The first kappa shape index (κ1) is 20.5. The van der Waals surface area contributed by atoms with Crippen LogP contribution in [0.5, 0.6) is 0 Å². The monoisotopic (exact) mass is 409 g/mol. The molecule has 2 atom stereocenters. The zero-order valence-electron chi connectivity index (χ0n) is 17.3. The molecule has 1 aromatic heterocycles. The summed E-state index contributed by atoms with van der Waals surface area (Å²) < 4.78 is 6.12. The van der Waals surface area contributed by atoms with E-state index in [0.29, 0.717) is 19.1 Å². The van der Waals surface area contributed by atoms with Crippen molar-refractivity contribution in [2.45, 2.75) is 50.9 Å². The van der Waals surface area contributed by atoms with Crippen LogP contribution in [-0.2, 0) is 11.2 Å². The van der Waals surface area contributed by atoms with Gasteiger partial charge >= 0.3 is 0 Å².